The summed E-state index contributed by atoms with van der Waals surface area (Å²) >= 11 is 0. The molecule has 3 rings (SSSR count). The molecule has 1 amide bonds. The molecule has 3 saturated heterocycles. The number of carbonyl (C=O) groups excluding carboxylic acids is 1. The van der Waals surface area contributed by atoms with Gasteiger partial charge in [0.15, 0.2) is 0 Å². The normalized spacial score (nSPS) is 30.3. The first kappa shape index (κ1) is 19.1. The molecule has 3 heterocycles. The molecule has 0 radical (unpaired) electrons. The Labute approximate surface area is 153 Å². The van der Waals surface area contributed by atoms with Crippen molar-refractivity contribution in [1.82, 2.24) is 19.6 Å². The fourth-order valence-corrected chi connectivity index (χ4v) is 4.50. The van der Waals surface area contributed by atoms with Gasteiger partial charge in [0.2, 0.25) is 5.91 Å². The molecule has 0 aromatic heterocycles. The predicted octanol–water partition coefficient (Wildman–Crippen LogP) is 0.724. The smallest absolute Gasteiger partial charge is 0.240 e. The van der Waals surface area contributed by atoms with E-state index in [1.54, 1.807) is 0 Å². The van der Waals surface area contributed by atoms with Crippen LogP contribution < -0.4 is 0 Å². The van der Waals surface area contributed by atoms with Crippen LogP contribution >= 0.6 is 0 Å². The summed E-state index contributed by atoms with van der Waals surface area (Å²) in [4.78, 5) is 22.3. The number of carbonyl (C=O) groups is 1. The largest absolute Gasteiger partial charge is 0.374 e. The standard InChI is InChI=1S/C19H36N4O2/c1-4-20-12-13-25-17(14-20)15-21-8-10-22(11-9-21)19(24)18-6-5-7-23(18)16(2)3/h16-18H,4-15H2,1-3H3. The maximum Gasteiger partial charge on any atom is 0.240 e. The second-order valence-corrected chi connectivity index (χ2v) is 8.00. The van der Waals surface area contributed by atoms with Gasteiger partial charge in [-0.15, -0.1) is 0 Å². The summed E-state index contributed by atoms with van der Waals surface area (Å²) < 4.78 is 5.94. The van der Waals surface area contributed by atoms with E-state index >= 15 is 0 Å². The van der Waals surface area contributed by atoms with Crippen molar-refractivity contribution in [2.24, 2.45) is 0 Å². The second kappa shape index (κ2) is 8.80. The van der Waals surface area contributed by atoms with Crippen LogP contribution in [0.5, 0.6) is 0 Å². The van der Waals surface area contributed by atoms with Gasteiger partial charge in [0.05, 0.1) is 18.8 Å². The van der Waals surface area contributed by atoms with Crippen LogP contribution in [0, 0.1) is 0 Å². The van der Waals surface area contributed by atoms with E-state index < -0.39 is 0 Å². The lowest BCUT2D eigenvalue weighted by molar-refractivity contribution is -0.138. The van der Waals surface area contributed by atoms with E-state index in [2.05, 4.69) is 40.4 Å². The predicted molar refractivity (Wildman–Crippen MR) is 99.7 cm³/mol. The quantitative estimate of drug-likeness (QED) is 0.729. The fourth-order valence-electron chi connectivity index (χ4n) is 4.50. The first-order valence-electron chi connectivity index (χ1n) is 10.2. The van der Waals surface area contributed by atoms with Crippen molar-refractivity contribution >= 4 is 5.91 Å². The highest BCUT2D eigenvalue weighted by Crippen LogP contribution is 2.22. The van der Waals surface area contributed by atoms with Gasteiger partial charge in [0.1, 0.15) is 0 Å². The Kier molecular flexibility index (Phi) is 6.72. The van der Waals surface area contributed by atoms with Gasteiger partial charge in [0, 0.05) is 51.9 Å². The summed E-state index contributed by atoms with van der Waals surface area (Å²) in [5.41, 5.74) is 0. The highest BCUT2D eigenvalue weighted by atomic mass is 16.5. The van der Waals surface area contributed by atoms with Crippen molar-refractivity contribution in [1.29, 1.82) is 0 Å². The molecular formula is C19H36N4O2. The first-order chi connectivity index (χ1) is 12.1. The third kappa shape index (κ3) is 4.73. The van der Waals surface area contributed by atoms with Crippen LogP contribution in [0.2, 0.25) is 0 Å². The number of rotatable bonds is 5. The zero-order valence-electron chi connectivity index (χ0n) is 16.3. The van der Waals surface area contributed by atoms with Crippen LogP contribution in [0.3, 0.4) is 0 Å². The molecule has 0 aromatic carbocycles. The van der Waals surface area contributed by atoms with Crippen LogP contribution in [0.25, 0.3) is 0 Å². The number of likely N-dealkylation sites (N-methyl/N-ethyl adjacent to an activating group) is 1. The van der Waals surface area contributed by atoms with Gasteiger partial charge in [-0.2, -0.15) is 0 Å². The van der Waals surface area contributed by atoms with E-state index in [-0.39, 0.29) is 6.04 Å². The number of hydrogen-bond donors (Lipinski definition) is 0. The Hall–Kier alpha value is -0.690. The zero-order valence-corrected chi connectivity index (χ0v) is 16.3. The Morgan fingerprint density at radius 1 is 1.08 bits per heavy atom. The Balaban J connectivity index is 1.44. The molecule has 144 valence electrons. The number of morpholine rings is 1. The van der Waals surface area contributed by atoms with E-state index in [0.29, 0.717) is 18.1 Å². The van der Waals surface area contributed by atoms with E-state index in [1.165, 1.54) is 0 Å². The number of piperazine rings is 1. The Bertz CT molecular complexity index is 437. The highest BCUT2D eigenvalue weighted by Gasteiger charge is 2.36. The molecule has 3 aliphatic heterocycles. The lowest BCUT2D eigenvalue weighted by atomic mass is 10.1. The van der Waals surface area contributed by atoms with Gasteiger partial charge in [-0.05, 0) is 39.8 Å². The molecule has 0 spiro atoms. The number of ether oxygens (including phenoxy) is 1. The van der Waals surface area contributed by atoms with Gasteiger partial charge in [-0.3, -0.25) is 19.5 Å². The molecule has 6 heteroatoms. The molecule has 0 aromatic rings. The maximum atomic E-state index is 12.9. The molecule has 2 atom stereocenters. The molecule has 0 saturated carbocycles. The topological polar surface area (TPSA) is 39.3 Å². The van der Waals surface area contributed by atoms with Crippen LogP contribution in [-0.2, 0) is 9.53 Å². The monoisotopic (exact) mass is 352 g/mol. The first-order valence-corrected chi connectivity index (χ1v) is 10.2. The van der Waals surface area contributed by atoms with Crippen LogP contribution in [0.1, 0.15) is 33.6 Å². The van der Waals surface area contributed by atoms with Gasteiger partial charge in [-0.1, -0.05) is 6.92 Å². The summed E-state index contributed by atoms with van der Waals surface area (Å²) in [6.07, 6.45) is 2.50. The van der Waals surface area contributed by atoms with Crippen molar-refractivity contribution in [3.05, 3.63) is 0 Å². The van der Waals surface area contributed by atoms with Gasteiger partial charge in [-0.25, -0.2) is 0 Å². The summed E-state index contributed by atoms with van der Waals surface area (Å²) in [5.74, 6) is 0.358. The minimum Gasteiger partial charge on any atom is -0.374 e. The number of nitrogens with zero attached hydrogens (tertiary/aromatic N) is 4. The third-order valence-corrected chi connectivity index (χ3v) is 6.06. The molecule has 3 fully saturated rings. The van der Waals surface area contributed by atoms with E-state index in [1.807, 2.05) is 0 Å². The molecular weight excluding hydrogens is 316 g/mol. The fraction of sp³-hybridized carbons (Fsp3) is 0.947. The average molecular weight is 353 g/mol. The molecule has 25 heavy (non-hydrogen) atoms. The molecule has 0 aliphatic carbocycles. The van der Waals surface area contributed by atoms with Crippen LogP contribution in [-0.4, -0.2) is 109 Å². The lowest BCUT2D eigenvalue weighted by Gasteiger charge is -2.40. The minimum atomic E-state index is 0.117. The lowest BCUT2D eigenvalue weighted by Crippen LogP contribution is -2.56. The van der Waals surface area contributed by atoms with Crippen molar-refractivity contribution in [3.63, 3.8) is 0 Å². The van der Waals surface area contributed by atoms with E-state index in [0.717, 1.165) is 78.4 Å². The number of amides is 1. The summed E-state index contributed by atoms with van der Waals surface area (Å²) in [7, 11) is 0. The summed E-state index contributed by atoms with van der Waals surface area (Å²) in [6.45, 7) is 16.4. The molecule has 6 nitrogen and oxygen atoms in total. The van der Waals surface area contributed by atoms with E-state index in [9.17, 15) is 4.79 Å². The zero-order chi connectivity index (χ0) is 17.8. The van der Waals surface area contributed by atoms with Gasteiger partial charge >= 0.3 is 0 Å². The maximum absolute atomic E-state index is 12.9. The highest BCUT2D eigenvalue weighted by molar-refractivity contribution is 5.82. The second-order valence-electron chi connectivity index (χ2n) is 8.00. The van der Waals surface area contributed by atoms with Crippen molar-refractivity contribution < 1.29 is 9.53 Å². The molecule has 0 bridgehead atoms. The third-order valence-electron chi connectivity index (χ3n) is 6.06. The number of likely N-dealkylation sites (tertiary alicyclic amines) is 1. The molecule has 0 N–H and O–H groups in total. The van der Waals surface area contributed by atoms with E-state index in [4.69, 9.17) is 4.74 Å². The summed E-state index contributed by atoms with van der Waals surface area (Å²) in [6, 6.07) is 0.578. The average Bonchev–Trinajstić information content (AvgIpc) is 3.12. The van der Waals surface area contributed by atoms with Crippen molar-refractivity contribution in [3.8, 4) is 0 Å². The van der Waals surface area contributed by atoms with Crippen LogP contribution in [0.15, 0.2) is 0 Å². The van der Waals surface area contributed by atoms with Crippen LogP contribution in [0.4, 0.5) is 0 Å². The van der Waals surface area contributed by atoms with Gasteiger partial charge in [0.25, 0.3) is 0 Å². The molecule has 2 unspecified atom stereocenters. The minimum absolute atomic E-state index is 0.117. The van der Waals surface area contributed by atoms with Crippen molar-refractivity contribution in [2.75, 3.05) is 65.5 Å². The van der Waals surface area contributed by atoms with Crippen molar-refractivity contribution in [2.45, 2.75) is 51.8 Å². The Morgan fingerprint density at radius 2 is 1.84 bits per heavy atom. The summed E-state index contributed by atoms with van der Waals surface area (Å²) in [5, 5.41) is 0. The van der Waals surface area contributed by atoms with Gasteiger partial charge < -0.3 is 9.64 Å². The Morgan fingerprint density at radius 3 is 2.52 bits per heavy atom. The molecule has 3 aliphatic rings. The SMILES string of the molecule is CCN1CCOC(CN2CCN(C(=O)C3CCCN3C(C)C)CC2)C1. The number of hydrogen-bond acceptors (Lipinski definition) is 5.